The molecule has 2 aromatic carbocycles. The lowest BCUT2D eigenvalue weighted by molar-refractivity contribution is -0.142. The molecule has 0 bridgehead atoms. The molecule has 5 rings (SSSR count). The van der Waals surface area contributed by atoms with Gasteiger partial charge in [-0.15, -0.1) is 0 Å². The van der Waals surface area contributed by atoms with Crippen molar-refractivity contribution in [2.24, 2.45) is 5.41 Å². The molecule has 1 saturated carbocycles. The number of imide groups is 1. The summed E-state index contributed by atoms with van der Waals surface area (Å²) in [6.07, 6.45) is 1.78. The number of Topliss-reactive ketones (excluding diaryl/α,β-unsaturated/α-hetero) is 1. The van der Waals surface area contributed by atoms with Gasteiger partial charge in [0.2, 0.25) is 11.8 Å². The largest absolute Gasteiger partial charge is 0.293 e. The summed E-state index contributed by atoms with van der Waals surface area (Å²) in [5, 5.41) is 0. The standard InChI is InChI=1S/C21H17NO3/c23-17-15-9-4-5-10-16(15)20-11-6-12-21(17,20)19(25)22(18(20)24)13-14-7-2-1-3-8-14/h1-5,7-10H,6,11-13H2. The Morgan fingerprint density at radius 2 is 1.44 bits per heavy atom. The molecule has 0 radical (unpaired) electrons. The number of carbonyl (C=O) groups is 3. The van der Waals surface area contributed by atoms with E-state index < -0.39 is 10.8 Å². The van der Waals surface area contributed by atoms with E-state index in [-0.39, 0.29) is 24.1 Å². The maximum atomic E-state index is 13.5. The maximum Gasteiger partial charge on any atom is 0.245 e. The van der Waals surface area contributed by atoms with E-state index in [9.17, 15) is 14.4 Å². The number of nitrogens with zero attached hydrogens (tertiary/aromatic N) is 1. The predicted molar refractivity (Wildman–Crippen MR) is 90.7 cm³/mol. The second kappa shape index (κ2) is 4.66. The van der Waals surface area contributed by atoms with Crippen LogP contribution in [0, 0.1) is 5.41 Å². The first-order valence-corrected chi connectivity index (χ1v) is 8.67. The van der Waals surface area contributed by atoms with Crippen molar-refractivity contribution >= 4 is 17.6 Å². The summed E-state index contributed by atoms with van der Waals surface area (Å²) >= 11 is 0. The summed E-state index contributed by atoms with van der Waals surface area (Å²) < 4.78 is 0. The molecular weight excluding hydrogens is 314 g/mol. The van der Waals surface area contributed by atoms with E-state index >= 15 is 0 Å². The highest BCUT2D eigenvalue weighted by Crippen LogP contribution is 2.66. The summed E-state index contributed by atoms with van der Waals surface area (Å²) in [4.78, 5) is 41.4. The van der Waals surface area contributed by atoms with Gasteiger partial charge in [0.15, 0.2) is 5.78 Å². The summed E-state index contributed by atoms with van der Waals surface area (Å²) in [5.74, 6) is -0.660. The number of carbonyl (C=O) groups excluding carboxylic acids is 3. The number of benzene rings is 2. The van der Waals surface area contributed by atoms with Crippen LogP contribution in [0.15, 0.2) is 54.6 Å². The molecule has 2 fully saturated rings. The molecule has 2 aliphatic carbocycles. The number of amides is 2. The van der Waals surface area contributed by atoms with Gasteiger partial charge in [0.1, 0.15) is 5.41 Å². The number of likely N-dealkylation sites (tertiary alicyclic amines) is 1. The van der Waals surface area contributed by atoms with E-state index in [4.69, 9.17) is 0 Å². The molecule has 1 aliphatic heterocycles. The third-order valence-corrected chi connectivity index (χ3v) is 6.26. The van der Waals surface area contributed by atoms with Gasteiger partial charge >= 0.3 is 0 Å². The molecule has 2 unspecified atom stereocenters. The van der Waals surface area contributed by atoms with Crippen LogP contribution in [0.1, 0.15) is 40.7 Å². The van der Waals surface area contributed by atoms with Gasteiger partial charge in [0.05, 0.1) is 12.0 Å². The Hall–Kier alpha value is -2.75. The fraction of sp³-hybridized carbons (Fsp3) is 0.286. The van der Waals surface area contributed by atoms with E-state index in [0.717, 1.165) is 17.5 Å². The van der Waals surface area contributed by atoms with Crippen molar-refractivity contribution in [3.63, 3.8) is 0 Å². The SMILES string of the molecule is O=C1c2ccccc2C23CCCC12C(=O)N(Cc1ccccc1)C3=O. The van der Waals surface area contributed by atoms with E-state index in [0.29, 0.717) is 18.4 Å². The van der Waals surface area contributed by atoms with Gasteiger partial charge in [-0.1, -0.05) is 61.0 Å². The number of fused-ring (bicyclic) bond motifs is 1. The molecule has 3 aliphatic rings. The summed E-state index contributed by atoms with van der Waals surface area (Å²) in [6, 6.07) is 16.7. The number of ketones is 1. The zero-order chi connectivity index (χ0) is 17.2. The lowest BCUT2D eigenvalue weighted by atomic mass is 9.67. The Morgan fingerprint density at radius 1 is 0.800 bits per heavy atom. The number of hydrogen-bond donors (Lipinski definition) is 0. The summed E-state index contributed by atoms with van der Waals surface area (Å²) in [7, 11) is 0. The minimum atomic E-state index is -1.21. The van der Waals surface area contributed by atoms with Crippen LogP contribution in [0.2, 0.25) is 0 Å². The normalized spacial score (nSPS) is 29.8. The zero-order valence-corrected chi connectivity index (χ0v) is 13.7. The van der Waals surface area contributed by atoms with Gasteiger partial charge in [-0.05, 0) is 24.0 Å². The average Bonchev–Trinajstić information content (AvgIpc) is 3.20. The molecule has 1 saturated heterocycles. The van der Waals surface area contributed by atoms with Crippen LogP contribution < -0.4 is 0 Å². The highest BCUT2D eigenvalue weighted by Gasteiger charge is 2.78. The molecule has 4 nitrogen and oxygen atoms in total. The molecule has 0 aromatic heterocycles. The predicted octanol–water partition coefficient (Wildman–Crippen LogP) is 2.86. The van der Waals surface area contributed by atoms with Gasteiger partial charge < -0.3 is 0 Å². The molecular formula is C21H17NO3. The van der Waals surface area contributed by atoms with E-state index in [1.54, 1.807) is 12.1 Å². The Morgan fingerprint density at radius 3 is 2.24 bits per heavy atom. The summed E-state index contributed by atoms with van der Waals surface area (Å²) in [6.45, 7) is 0.234. The molecule has 1 heterocycles. The molecule has 2 amide bonds. The molecule has 0 N–H and O–H groups in total. The minimum Gasteiger partial charge on any atom is -0.293 e. The fourth-order valence-corrected chi connectivity index (χ4v) is 5.25. The fourth-order valence-electron chi connectivity index (χ4n) is 5.25. The van der Waals surface area contributed by atoms with E-state index in [1.165, 1.54) is 4.90 Å². The van der Waals surface area contributed by atoms with Crippen LogP contribution in [0.25, 0.3) is 0 Å². The molecule has 0 spiro atoms. The van der Waals surface area contributed by atoms with Gasteiger partial charge in [0.25, 0.3) is 0 Å². The topological polar surface area (TPSA) is 54.5 Å². The maximum absolute atomic E-state index is 13.5. The quantitative estimate of drug-likeness (QED) is 0.628. The first-order chi connectivity index (χ1) is 12.1. The van der Waals surface area contributed by atoms with Gasteiger partial charge in [-0.3, -0.25) is 19.3 Å². The second-order valence-electron chi connectivity index (χ2n) is 7.22. The molecule has 4 heteroatoms. The van der Waals surface area contributed by atoms with Crippen molar-refractivity contribution in [2.45, 2.75) is 31.2 Å². The van der Waals surface area contributed by atoms with Crippen molar-refractivity contribution in [3.05, 3.63) is 71.3 Å². The van der Waals surface area contributed by atoms with Crippen LogP contribution in [-0.4, -0.2) is 22.5 Å². The Labute approximate surface area is 145 Å². The monoisotopic (exact) mass is 331 g/mol. The van der Waals surface area contributed by atoms with Crippen molar-refractivity contribution in [1.29, 1.82) is 0 Å². The van der Waals surface area contributed by atoms with E-state index in [2.05, 4.69) is 0 Å². The second-order valence-corrected chi connectivity index (χ2v) is 7.22. The highest BCUT2D eigenvalue weighted by molar-refractivity contribution is 6.30. The Bertz CT molecular complexity index is 935. The molecule has 2 atom stereocenters. The zero-order valence-electron chi connectivity index (χ0n) is 13.7. The first kappa shape index (κ1) is 14.6. The number of rotatable bonds is 2. The first-order valence-electron chi connectivity index (χ1n) is 8.67. The van der Waals surface area contributed by atoms with Crippen molar-refractivity contribution in [2.75, 3.05) is 0 Å². The third kappa shape index (κ3) is 1.47. The summed E-state index contributed by atoms with van der Waals surface area (Å²) in [5.41, 5.74) is 0.0280. The van der Waals surface area contributed by atoms with Crippen molar-refractivity contribution in [1.82, 2.24) is 4.90 Å². The van der Waals surface area contributed by atoms with Crippen LogP contribution in [0.5, 0.6) is 0 Å². The Kier molecular flexibility index (Phi) is 2.72. The molecule has 124 valence electrons. The number of hydrogen-bond acceptors (Lipinski definition) is 3. The lowest BCUT2D eigenvalue weighted by Crippen LogP contribution is -2.43. The van der Waals surface area contributed by atoms with Crippen LogP contribution >= 0.6 is 0 Å². The minimum absolute atomic E-state index is 0.158. The Balaban J connectivity index is 1.69. The molecule has 2 aromatic rings. The van der Waals surface area contributed by atoms with E-state index in [1.807, 2.05) is 42.5 Å². The molecule has 25 heavy (non-hydrogen) atoms. The average molecular weight is 331 g/mol. The van der Waals surface area contributed by atoms with Gasteiger partial charge in [-0.2, -0.15) is 0 Å². The third-order valence-electron chi connectivity index (χ3n) is 6.26. The highest BCUT2D eigenvalue weighted by atomic mass is 16.2. The van der Waals surface area contributed by atoms with Crippen LogP contribution in [-0.2, 0) is 21.5 Å². The van der Waals surface area contributed by atoms with Gasteiger partial charge in [0, 0.05) is 5.56 Å². The van der Waals surface area contributed by atoms with Crippen molar-refractivity contribution in [3.8, 4) is 0 Å². The van der Waals surface area contributed by atoms with Crippen molar-refractivity contribution < 1.29 is 14.4 Å². The lowest BCUT2D eigenvalue weighted by Gasteiger charge is -2.27. The van der Waals surface area contributed by atoms with Gasteiger partial charge in [-0.25, -0.2) is 0 Å². The smallest absolute Gasteiger partial charge is 0.245 e. The van der Waals surface area contributed by atoms with Crippen LogP contribution in [0.4, 0.5) is 0 Å². The van der Waals surface area contributed by atoms with Crippen LogP contribution in [0.3, 0.4) is 0 Å².